The maximum atomic E-state index is 16.1. The number of aromatic nitrogens is 5. The summed E-state index contributed by atoms with van der Waals surface area (Å²) < 4.78 is 17.9. The highest BCUT2D eigenvalue weighted by Crippen LogP contribution is 2.40. The predicted octanol–water partition coefficient (Wildman–Crippen LogP) is 4.04. The minimum Gasteiger partial charge on any atom is -0.389 e. The SMILES string of the molecule is Cc1c(-c2[nH]c3cnc(N4CCN(CC(C)(C)O)CC4)c(F)c3c2C(C)C)cn2ncnc2c1C. The number of β-amino-alcohol motifs (C(OH)–C–C–N with tert-alkyl or cyclic N) is 1. The lowest BCUT2D eigenvalue weighted by atomic mass is 9.94. The van der Waals surface area contributed by atoms with Crippen molar-refractivity contribution in [3.8, 4) is 11.3 Å². The number of nitrogens with zero attached hydrogens (tertiary/aromatic N) is 6. The van der Waals surface area contributed by atoms with E-state index in [-0.39, 0.29) is 11.7 Å². The number of pyridine rings is 2. The minimum atomic E-state index is -0.746. The van der Waals surface area contributed by atoms with Crippen LogP contribution in [0, 0.1) is 19.7 Å². The van der Waals surface area contributed by atoms with E-state index in [1.807, 2.05) is 31.9 Å². The van der Waals surface area contributed by atoms with Crippen LogP contribution in [0.5, 0.6) is 0 Å². The minimum absolute atomic E-state index is 0.0956. The number of nitrogens with one attached hydrogen (secondary N) is 1. The fourth-order valence-corrected chi connectivity index (χ4v) is 5.29. The number of fused-ring (bicyclic) bond motifs is 2. The van der Waals surface area contributed by atoms with Crippen LogP contribution < -0.4 is 4.90 Å². The molecule has 186 valence electrons. The molecular formula is C26H34FN7O. The van der Waals surface area contributed by atoms with Crippen LogP contribution in [0.2, 0.25) is 0 Å². The van der Waals surface area contributed by atoms with Gasteiger partial charge in [0.1, 0.15) is 6.33 Å². The summed E-state index contributed by atoms with van der Waals surface area (Å²) in [6.07, 6.45) is 5.27. The monoisotopic (exact) mass is 479 g/mol. The van der Waals surface area contributed by atoms with Gasteiger partial charge in [-0.2, -0.15) is 5.10 Å². The average molecular weight is 480 g/mol. The Morgan fingerprint density at radius 1 is 1.11 bits per heavy atom. The lowest BCUT2D eigenvalue weighted by Gasteiger charge is -2.37. The third-order valence-corrected chi connectivity index (χ3v) is 7.05. The van der Waals surface area contributed by atoms with Crippen LogP contribution in [0.4, 0.5) is 10.2 Å². The van der Waals surface area contributed by atoms with Gasteiger partial charge in [-0.15, -0.1) is 0 Å². The molecule has 9 heteroatoms. The molecule has 0 radical (unpaired) electrons. The summed E-state index contributed by atoms with van der Waals surface area (Å²) in [5.74, 6) is 0.214. The number of hydrogen-bond donors (Lipinski definition) is 2. The third kappa shape index (κ3) is 4.16. The molecule has 5 heterocycles. The Kier molecular flexibility index (Phi) is 5.80. The number of piperazine rings is 1. The fraction of sp³-hybridized carbons (Fsp3) is 0.500. The highest BCUT2D eigenvalue weighted by atomic mass is 19.1. The first kappa shape index (κ1) is 23.7. The first-order valence-electron chi connectivity index (χ1n) is 12.2. The van der Waals surface area contributed by atoms with Crippen molar-refractivity contribution in [1.82, 2.24) is 29.5 Å². The molecule has 8 nitrogen and oxygen atoms in total. The second-order valence-corrected chi connectivity index (χ2v) is 10.6. The van der Waals surface area contributed by atoms with Gasteiger partial charge in [0.25, 0.3) is 0 Å². The van der Waals surface area contributed by atoms with Crippen molar-refractivity contribution in [2.75, 3.05) is 37.6 Å². The summed E-state index contributed by atoms with van der Waals surface area (Å²) in [6, 6.07) is 0. The summed E-state index contributed by atoms with van der Waals surface area (Å²) in [4.78, 5) is 16.6. The Morgan fingerprint density at radius 3 is 2.49 bits per heavy atom. The van der Waals surface area contributed by atoms with Gasteiger partial charge in [0, 0.05) is 49.9 Å². The van der Waals surface area contributed by atoms with E-state index in [0.717, 1.165) is 46.7 Å². The van der Waals surface area contributed by atoms with Gasteiger partial charge >= 0.3 is 0 Å². The molecule has 1 aliphatic heterocycles. The van der Waals surface area contributed by atoms with Gasteiger partial charge in [-0.3, -0.25) is 4.90 Å². The second-order valence-electron chi connectivity index (χ2n) is 10.6. The number of aryl methyl sites for hydroxylation is 1. The standard InChI is InChI=1S/C26H34FN7O/c1-15(2)20-21-19(31-23(20)18-12-34-24(29-14-30-34)17(4)16(18)3)11-28-25(22(21)27)33-9-7-32(8-10-33)13-26(5,6)35/h11-12,14-15,31,35H,7-10,13H2,1-6H3. The zero-order chi connectivity index (χ0) is 25.1. The summed E-state index contributed by atoms with van der Waals surface area (Å²) in [7, 11) is 0. The maximum Gasteiger partial charge on any atom is 0.175 e. The maximum absolute atomic E-state index is 16.1. The molecule has 0 amide bonds. The molecule has 5 rings (SSSR count). The first-order chi connectivity index (χ1) is 16.5. The normalized spacial score (nSPS) is 15.7. The van der Waals surface area contributed by atoms with Crippen LogP contribution in [0.15, 0.2) is 18.7 Å². The van der Waals surface area contributed by atoms with E-state index in [9.17, 15) is 5.11 Å². The van der Waals surface area contributed by atoms with Crippen LogP contribution in [0.25, 0.3) is 27.8 Å². The van der Waals surface area contributed by atoms with Crippen molar-refractivity contribution in [1.29, 1.82) is 0 Å². The van der Waals surface area contributed by atoms with E-state index < -0.39 is 5.60 Å². The number of rotatable bonds is 5. The van der Waals surface area contributed by atoms with Crippen molar-refractivity contribution < 1.29 is 9.50 Å². The quantitative estimate of drug-likeness (QED) is 0.449. The number of hydrogen-bond acceptors (Lipinski definition) is 6. The van der Waals surface area contributed by atoms with E-state index >= 15 is 4.39 Å². The van der Waals surface area contributed by atoms with Crippen LogP contribution in [0.1, 0.15) is 50.3 Å². The van der Waals surface area contributed by atoms with Crippen molar-refractivity contribution in [3.05, 3.63) is 41.2 Å². The van der Waals surface area contributed by atoms with Crippen LogP contribution in [-0.4, -0.2) is 72.9 Å². The third-order valence-electron chi connectivity index (χ3n) is 7.05. The van der Waals surface area contributed by atoms with E-state index in [1.54, 1.807) is 17.0 Å². The summed E-state index contributed by atoms with van der Waals surface area (Å²) in [5, 5.41) is 15.1. The van der Waals surface area contributed by atoms with Crippen LogP contribution >= 0.6 is 0 Å². The molecule has 35 heavy (non-hydrogen) atoms. The van der Waals surface area contributed by atoms with Gasteiger partial charge in [0.15, 0.2) is 17.3 Å². The number of aliphatic hydroxyl groups is 1. The van der Waals surface area contributed by atoms with Gasteiger partial charge in [-0.1, -0.05) is 13.8 Å². The molecule has 4 aromatic heterocycles. The average Bonchev–Trinajstić information content (AvgIpc) is 3.41. The van der Waals surface area contributed by atoms with Gasteiger partial charge in [-0.05, 0) is 50.3 Å². The Balaban J connectivity index is 1.57. The summed E-state index contributed by atoms with van der Waals surface area (Å²) in [5.41, 5.74) is 5.76. The highest BCUT2D eigenvalue weighted by Gasteiger charge is 2.28. The number of H-pyrrole nitrogens is 1. The Labute approximate surface area is 204 Å². The summed E-state index contributed by atoms with van der Waals surface area (Å²) in [6.45, 7) is 15.4. The predicted molar refractivity (Wildman–Crippen MR) is 137 cm³/mol. The van der Waals surface area contributed by atoms with Crippen LogP contribution in [-0.2, 0) is 0 Å². The molecule has 1 fully saturated rings. The lowest BCUT2D eigenvalue weighted by molar-refractivity contribution is 0.0344. The second kappa shape index (κ2) is 8.57. The zero-order valence-corrected chi connectivity index (χ0v) is 21.4. The molecule has 0 aliphatic carbocycles. The molecule has 4 aromatic rings. The Bertz CT molecular complexity index is 1390. The van der Waals surface area contributed by atoms with Crippen molar-refractivity contribution >= 4 is 22.4 Å². The molecule has 0 aromatic carbocycles. The number of halogens is 1. The Hall–Kier alpha value is -3.04. The highest BCUT2D eigenvalue weighted by molar-refractivity contribution is 5.94. The topological polar surface area (TPSA) is 85.6 Å². The number of aromatic amines is 1. The van der Waals surface area contributed by atoms with Crippen molar-refractivity contribution in [2.45, 2.75) is 53.1 Å². The molecular weight excluding hydrogens is 445 g/mol. The van der Waals surface area contributed by atoms with E-state index in [2.05, 4.69) is 45.7 Å². The molecule has 0 unspecified atom stereocenters. The fourth-order valence-electron chi connectivity index (χ4n) is 5.29. The van der Waals surface area contributed by atoms with E-state index in [4.69, 9.17) is 0 Å². The zero-order valence-electron chi connectivity index (χ0n) is 21.4. The van der Waals surface area contributed by atoms with Gasteiger partial charge in [0.05, 0.1) is 23.0 Å². The molecule has 0 saturated carbocycles. The molecule has 1 aliphatic rings. The number of anilines is 1. The first-order valence-corrected chi connectivity index (χ1v) is 12.2. The van der Waals surface area contributed by atoms with Gasteiger partial charge < -0.3 is 15.0 Å². The molecule has 0 spiro atoms. The van der Waals surface area contributed by atoms with Gasteiger partial charge in [0.2, 0.25) is 0 Å². The molecule has 0 bridgehead atoms. The smallest absolute Gasteiger partial charge is 0.175 e. The summed E-state index contributed by atoms with van der Waals surface area (Å²) >= 11 is 0. The van der Waals surface area contributed by atoms with E-state index in [0.29, 0.717) is 36.4 Å². The largest absolute Gasteiger partial charge is 0.389 e. The lowest BCUT2D eigenvalue weighted by Crippen LogP contribution is -2.50. The van der Waals surface area contributed by atoms with Crippen molar-refractivity contribution in [3.63, 3.8) is 0 Å². The molecule has 1 saturated heterocycles. The Morgan fingerprint density at radius 2 is 1.83 bits per heavy atom. The van der Waals surface area contributed by atoms with Gasteiger partial charge in [-0.25, -0.2) is 18.9 Å². The molecule has 0 atom stereocenters. The van der Waals surface area contributed by atoms with Crippen LogP contribution in [0.3, 0.4) is 0 Å². The van der Waals surface area contributed by atoms with E-state index in [1.165, 1.54) is 0 Å². The van der Waals surface area contributed by atoms with Crippen molar-refractivity contribution in [2.24, 2.45) is 0 Å². The molecule has 2 N–H and O–H groups in total.